The SMILES string of the molecule is CN(C)C1Cc2cc(Nc3ncc(C#N)c(Nc4cccc(N=S(C)(C)=O)n4)n3)cc3c2C(CCC3)C1. The molecule has 2 aromatic heterocycles. The van der Waals surface area contributed by atoms with Gasteiger partial charge in [-0.25, -0.2) is 14.2 Å². The van der Waals surface area contributed by atoms with Gasteiger partial charge in [0, 0.05) is 34.0 Å². The maximum absolute atomic E-state index is 12.1. The number of benzene rings is 1. The average Bonchev–Trinajstić information content (AvgIpc) is 2.83. The molecule has 0 fully saturated rings. The minimum atomic E-state index is -2.35. The van der Waals surface area contributed by atoms with Crippen molar-refractivity contribution in [3.63, 3.8) is 0 Å². The third kappa shape index (κ3) is 5.73. The van der Waals surface area contributed by atoms with Gasteiger partial charge in [0.15, 0.2) is 11.6 Å². The topological polar surface area (TPSA) is 119 Å². The van der Waals surface area contributed by atoms with Crippen LogP contribution in [0.2, 0.25) is 0 Å². The van der Waals surface area contributed by atoms with E-state index in [1.807, 2.05) is 0 Å². The number of nitrogens with zero attached hydrogens (tertiary/aromatic N) is 6. The second kappa shape index (κ2) is 10.1. The molecule has 2 aliphatic carbocycles. The lowest BCUT2D eigenvalue weighted by atomic mass is 9.71. The van der Waals surface area contributed by atoms with Gasteiger partial charge in [-0.05, 0) is 93.1 Å². The first kappa shape index (κ1) is 25.1. The third-order valence-electron chi connectivity index (χ3n) is 6.96. The summed E-state index contributed by atoms with van der Waals surface area (Å²) < 4.78 is 16.2. The van der Waals surface area contributed by atoms with Crippen LogP contribution in [0.5, 0.6) is 0 Å². The first-order valence-corrected chi connectivity index (χ1v) is 14.8. The van der Waals surface area contributed by atoms with E-state index in [4.69, 9.17) is 0 Å². The summed E-state index contributed by atoms with van der Waals surface area (Å²) in [5.41, 5.74) is 5.65. The molecule has 37 heavy (non-hydrogen) atoms. The van der Waals surface area contributed by atoms with Gasteiger partial charge in [0.05, 0.1) is 6.20 Å². The summed E-state index contributed by atoms with van der Waals surface area (Å²) >= 11 is 0. The Kier molecular flexibility index (Phi) is 6.84. The lowest BCUT2D eigenvalue weighted by Crippen LogP contribution is -2.36. The van der Waals surface area contributed by atoms with Crippen molar-refractivity contribution in [3.8, 4) is 6.07 Å². The molecule has 1 aromatic carbocycles. The molecule has 10 heteroatoms. The molecule has 3 aromatic rings. The summed E-state index contributed by atoms with van der Waals surface area (Å²) in [6.07, 6.45) is 10.4. The van der Waals surface area contributed by atoms with Crippen molar-refractivity contribution < 1.29 is 4.21 Å². The van der Waals surface area contributed by atoms with Crippen LogP contribution in [0.25, 0.3) is 0 Å². The van der Waals surface area contributed by atoms with E-state index in [1.54, 1.807) is 36.3 Å². The van der Waals surface area contributed by atoms with Crippen LogP contribution in [0, 0.1) is 11.3 Å². The molecule has 0 saturated carbocycles. The highest BCUT2D eigenvalue weighted by molar-refractivity contribution is 7.92. The number of aromatic nitrogens is 3. The zero-order valence-electron chi connectivity index (χ0n) is 21.7. The van der Waals surface area contributed by atoms with Gasteiger partial charge < -0.3 is 15.5 Å². The fourth-order valence-electron chi connectivity index (χ4n) is 5.37. The summed E-state index contributed by atoms with van der Waals surface area (Å²) in [5.74, 6) is 2.17. The second-order valence-electron chi connectivity index (χ2n) is 10.3. The van der Waals surface area contributed by atoms with Gasteiger partial charge in [-0.2, -0.15) is 14.6 Å². The summed E-state index contributed by atoms with van der Waals surface area (Å²) in [6.45, 7) is 0. The summed E-state index contributed by atoms with van der Waals surface area (Å²) in [7, 11) is 1.99. The van der Waals surface area contributed by atoms with Gasteiger partial charge in [-0.1, -0.05) is 6.07 Å². The van der Waals surface area contributed by atoms with E-state index in [0.717, 1.165) is 18.5 Å². The Hall–Kier alpha value is -3.55. The van der Waals surface area contributed by atoms with Gasteiger partial charge in [0.2, 0.25) is 5.95 Å². The van der Waals surface area contributed by atoms with Crippen LogP contribution in [0.4, 0.5) is 29.1 Å². The smallest absolute Gasteiger partial charge is 0.229 e. The van der Waals surface area contributed by atoms with Crippen LogP contribution in [0.15, 0.2) is 40.9 Å². The van der Waals surface area contributed by atoms with Gasteiger partial charge >= 0.3 is 0 Å². The van der Waals surface area contributed by atoms with Gasteiger partial charge in [0.1, 0.15) is 17.5 Å². The number of nitriles is 1. The Morgan fingerprint density at radius 2 is 1.97 bits per heavy atom. The first-order chi connectivity index (χ1) is 17.7. The molecule has 2 atom stereocenters. The van der Waals surface area contributed by atoms with Crippen LogP contribution in [0.1, 0.15) is 47.4 Å². The van der Waals surface area contributed by atoms with E-state index in [9.17, 15) is 9.47 Å². The predicted molar refractivity (Wildman–Crippen MR) is 148 cm³/mol. The molecule has 0 radical (unpaired) electrons. The Balaban J connectivity index is 1.44. The van der Waals surface area contributed by atoms with E-state index in [0.29, 0.717) is 40.9 Å². The zero-order valence-corrected chi connectivity index (χ0v) is 22.5. The summed E-state index contributed by atoms with van der Waals surface area (Å²) in [5, 5.41) is 16.1. The fraction of sp³-hybridized carbons (Fsp3) is 0.407. The number of hydrogen-bond donors (Lipinski definition) is 2. The van der Waals surface area contributed by atoms with Gasteiger partial charge in [-0.15, -0.1) is 0 Å². The molecule has 9 nitrogen and oxygen atoms in total. The van der Waals surface area contributed by atoms with Crippen molar-refractivity contribution in [2.45, 2.75) is 44.1 Å². The molecule has 2 N–H and O–H groups in total. The van der Waals surface area contributed by atoms with E-state index in [2.05, 4.69) is 67.1 Å². The first-order valence-electron chi connectivity index (χ1n) is 12.5. The predicted octanol–water partition coefficient (Wildman–Crippen LogP) is 4.89. The molecule has 0 amide bonds. The average molecular weight is 517 g/mol. The van der Waals surface area contributed by atoms with Crippen molar-refractivity contribution in [2.24, 2.45) is 4.36 Å². The summed E-state index contributed by atoms with van der Waals surface area (Å²) in [6, 6.07) is 12.3. The molecule has 2 unspecified atom stereocenters. The molecule has 2 heterocycles. The Labute approximate surface area is 218 Å². The van der Waals surface area contributed by atoms with Crippen LogP contribution < -0.4 is 10.6 Å². The molecule has 192 valence electrons. The van der Waals surface area contributed by atoms with Crippen LogP contribution in [-0.2, 0) is 22.6 Å². The van der Waals surface area contributed by atoms with Crippen molar-refractivity contribution in [1.82, 2.24) is 19.9 Å². The van der Waals surface area contributed by atoms with E-state index < -0.39 is 9.73 Å². The Bertz CT molecular complexity index is 1490. The highest BCUT2D eigenvalue weighted by Gasteiger charge is 2.32. The van der Waals surface area contributed by atoms with Gasteiger partial charge in [0.25, 0.3) is 0 Å². The molecular formula is C27H32N8OS. The number of pyridine rings is 1. The molecule has 0 bridgehead atoms. The van der Waals surface area contributed by atoms with Crippen molar-refractivity contribution >= 4 is 38.8 Å². The molecule has 2 aliphatic rings. The lowest BCUT2D eigenvalue weighted by molar-refractivity contribution is 0.242. The van der Waals surface area contributed by atoms with Crippen molar-refractivity contribution in [2.75, 3.05) is 37.2 Å². The standard InChI is InChI=1S/C27H32N8OS/c1-35(2)22-13-18-8-5-7-17-11-21(12-19(14-22)25(17)18)30-27-29-16-20(15-28)26(33-27)32-23-9-6-10-24(31-23)34-37(3,4)36/h6,9-12,16,18,22H,5,7-8,13-14H2,1-4H3,(H2,29,30,31,32,33). The van der Waals surface area contributed by atoms with E-state index in [1.165, 1.54) is 36.6 Å². The van der Waals surface area contributed by atoms with Crippen LogP contribution in [0.3, 0.4) is 0 Å². The minimum absolute atomic E-state index is 0.293. The third-order valence-corrected chi connectivity index (χ3v) is 7.59. The zero-order chi connectivity index (χ0) is 26.2. The highest BCUT2D eigenvalue weighted by Crippen LogP contribution is 2.43. The number of rotatable bonds is 6. The lowest BCUT2D eigenvalue weighted by Gasteiger charge is -2.39. The second-order valence-corrected chi connectivity index (χ2v) is 12.9. The number of anilines is 4. The highest BCUT2D eigenvalue weighted by atomic mass is 32.2. The minimum Gasteiger partial charge on any atom is -0.324 e. The fourth-order valence-corrected chi connectivity index (χ4v) is 5.92. The molecule has 0 spiro atoms. The van der Waals surface area contributed by atoms with E-state index >= 15 is 0 Å². The largest absolute Gasteiger partial charge is 0.324 e. The number of hydrogen-bond acceptors (Lipinski definition) is 9. The maximum Gasteiger partial charge on any atom is 0.229 e. The number of nitrogens with one attached hydrogen (secondary N) is 2. The van der Waals surface area contributed by atoms with Crippen molar-refractivity contribution in [1.29, 1.82) is 5.26 Å². The Morgan fingerprint density at radius 3 is 2.73 bits per heavy atom. The molecular weight excluding hydrogens is 484 g/mol. The molecule has 0 saturated heterocycles. The normalized spacial score (nSPS) is 18.6. The monoisotopic (exact) mass is 516 g/mol. The number of aryl methyl sites for hydroxylation is 1. The molecule has 5 rings (SSSR count). The van der Waals surface area contributed by atoms with Gasteiger partial charge in [-0.3, -0.25) is 0 Å². The summed E-state index contributed by atoms with van der Waals surface area (Å²) in [4.78, 5) is 15.7. The number of likely N-dealkylation sites (N-methyl/N-ethyl adjacent to an activating group) is 1. The Morgan fingerprint density at radius 1 is 1.16 bits per heavy atom. The maximum atomic E-state index is 12.1. The molecule has 0 aliphatic heterocycles. The van der Waals surface area contributed by atoms with Crippen LogP contribution in [-0.4, -0.2) is 56.7 Å². The van der Waals surface area contributed by atoms with Crippen LogP contribution >= 0.6 is 0 Å². The van der Waals surface area contributed by atoms with Crippen molar-refractivity contribution in [3.05, 3.63) is 58.8 Å². The van der Waals surface area contributed by atoms with E-state index in [-0.39, 0.29) is 0 Å². The quantitative estimate of drug-likeness (QED) is 0.475.